The van der Waals surface area contributed by atoms with Gasteiger partial charge in [-0.15, -0.1) is 0 Å². The average molecular weight is 285 g/mol. The summed E-state index contributed by atoms with van der Waals surface area (Å²) in [6.07, 6.45) is 4.88. The van der Waals surface area contributed by atoms with Gasteiger partial charge in [-0.05, 0) is 17.2 Å². The predicted molar refractivity (Wildman–Crippen MR) is 80.2 cm³/mol. The molecule has 0 fully saturated rings. The van der Waals surface area contributed by atoms with Gasteiger partial charge in [0.25, 0.3) is 0 Å². The number of hydrogen-bond acceptors (Lipinski definition) is 3. The summed E-state index contributed by atoms with van der Waals surface area (Å²) in [6, 6.07) is 8.03. The Kier molecular flexibility index (Phi) is 3.75. The fourth-order valence-corrected chi connectivity index (χ4v) is 2.79. The number of benzene rings is 1. The van der Waals surface area contributed by atoms with Crippen LogP contribution in [0.3, 0.4) is 0 Å². The first kappa shape index (κ1) is 13.8. The number of rotatable bonds is 3. The van der Waals surface area contributed by atoms with E-state index >= 15 is 0 Å². The van der Waals surface area contributed by atoms with Gasteiger partial charge >= 0.3 is 0 Å². The van der Waals surface area contributed by atoms with Crippen LogP contribution < -0.4 is 4.90 Å². The minimum Gasteiger partial charge on any atom is -0.379 e. The molecule has 21 heavy (non-hydrogen) atoms. The van der Waals surface area contributed by atoms with Crippen LogP contribution in [0, 0.1) is 0 Å². The van der Waals surface area contributed by atoms with Crippen LogP contribution >= 0.6 is 0 Å². The number of ether oxygens (including phenoxy) is 1. The van der Waals surface area contributed by atoms with Gasteiger partial charge < -0.3 is 9.64 Å². The molecule has 2 aromatic rings. The third-order valence-corrected chi connectivity index (χ3v) is 3.86. The molecule has 5 nitrogen and oxygen atoms in total. The number of carbonyl (C=O) groups excluding carboxylic acids is 1. The number of amides is 1. The number of methoxy groups -OCH3 is 1. The maximum Gasteiger partial charge on any atom is 0.231 e. The summed E-state index contributed by atoms with van der Waals surface area (Å²) >= 11 is 0. The van der Waals surface area contributed by atoms with E-state index in [1.807, 2.05) is 36.3 Å². The molecular formula is C16H19N3O2. The fourth-order valence-electron chi connectivity index (χ4n) is 2.79. The van der Waals surface area contributed by atoms with Crippen LogP contribution in [0.1, 0.15) is 11.1 Å². The van der Waals surface area contributed by atoms with Crippen LogP contribution in [0.25, 0.3) is 0 Å². The van der Waals surface area contributed by atoms with Crippen molar-refractivity contribution in [3.8, 4) is 0 Å². The molecule has 0 saturated heterocycles. The highest BCUT2D eigenvalue weighted by molar-refractivity contribution is 5.96. The van der Waals surface area contributed by atoms with Crippen molar-refractivity contribution >= 4 is 11.6 Å². The van der Waals surface area contributed by atoms with E-state index in [0.29, 0.717) is 13.0 Å². The van der Waals surface area contributed by atoms with Crippen molar-refractivity contribution in [1.29, 1.82) is 0 Å². The molecule has 0 saturated carbocycles. The molecule has 1 aromatic carbocycles. The summed E-state index contributed by atoms with van der Waals surface area (Å²) in [6.45, 7) is 0.604. The summed E-state index contributed by atoms with van der Waals surface area (Å²) < 4.78 is 7.19. The monoisotopic (exact) mass is 285 g/mol. The molecule has 1 amide bonds. The quantitative estimate of drug-likeness (QED) is 0.860. The van der Waals surface area contributed by atoms with Crippen molar-refractivity contribution in [3.63, 3.8) is 0 Å². The van der Waals surface area contributed by atoms with Gasteiger partial charge in [-0.25, -0.2) is 0 Å². The lowest BCUT2D eigenvalue weighted by molar-refractivity contribution is -0.118. The summed E-state index contributed by atoms with van der Waals surface area (Å²) in [5, 5.41) is 4.11. The lowest BCUT2D eigenvalue weighted by Gasteiger charge is -2.34. The SMILES string of the molecule is CO[C@@H]1Cc2ccccc2N(C(=O)Cc2cnn(C)c2)C1. The predicted octanol–water partition coefficient (Wildman–Crippen LogP) is 1.57. The molecule has 1 aliphatic heterocycles. The normalized spacial score (nSPS) is 17.6. The molecule has 0 spiro atoms. The first-order valence-electron chi connectivity index (χ1n) is 7.06. The minimum atomic E-state index is 0.0535. The van der Waals surface area contributed by atoms with E-state index < -0.39 is 0 Å². The number of hydrogen-bond donors (Lipinski definition) is 0. The zero-order chi connectivity index (χ0) is 14.8. The molecule has 1 aromatic heterocycles. The van der Waals surface area contributed by atoms with Crippen LogP contribution in [-0.2, 0) is 29.4 Å². The van der Waals surface area contributed by atoms with Crippen molar-refractivity contribution in [2.45, 2.75) is 18.9 Å². The van der Waals surface area contributed by atoms with E-state index in [-0.39, 0.29) is 12.0 Å². The summed E-state index contributed by atoms with van der Waals surface area (Å²) in [7, 11) is 3.55. The van der Waals surface area contributed by atoms with E-state index in [0.717, 1.165) is 23.2 Å². The fraction of sp³-hybridized carbons (Fsp3) is 0.375. The number of carbonyl (C=O) groups is 1. The molecule has 0 unspecified atom stereocenters. The van der Waals surface area contributed by atoms with Crippen molar-refractivity contribution in [1.82, 2.24) is 9.78 Å². The zero-order valence-electron chi connectivity index (χ0n) is 12.3. The highest BCUT2D eigenvalue weighted by atomic mass is 16.5. The first-order valence-corrected chi connectivity index (χ1v) is 7.06. The molecule has 1 atom stereocenters. The van der Waals surface area contributed by atoms with E-state index in [4.69, 9.17) is 4.74 Å². The highest BCUT2D eigenvalue weighted by Crippen LogP contribution is 2.28. The Morgan fingerprint density at radius 1 is 1.43 bits per heavy atom. The molecule has 0 bridgehead atoms. The van der Waals surface area contributed by atoms with Crippen molar-refractivity contribution < 1.29 is 9.53 Å². The molecule has 3 rings (SSSR count). The minimum absolute atomic E-state index is 0.0535. The largest absolute Gasteiger partial charge is 0.379 e. The zero-order valence-corrected chi connectivity index (χ0v) is 12.3. The summed E-state index contributed by atoms with van der Waals surface area (Å²) in [5.41, 5.74) is 3.09. The number of para-hydroxylation sites is 1. The second-order valence-corrected chi connectivity index (χ2v) is 5.39. The van der Waals surface area contributed by atoms with Crippen molar-refractivity contribution in [2.75, 3.05) is 18.6 Å². The number of aromatic nitrogens is 2. The molecule has 5 heteroatoms. The lowest BCUT2D eigenvalue weighted by atomic mass is 9.99. The lowest BCUT2D eigenvalue weighted by Crippen LogP contribution is -2.43. The molecule has 0 radical (unpaired) electrons. The van der Waals surface area contributed by atoms with Gasteiger partial charge in [0.1, 0.15) is 0 Å². The maximum atomic E-state index is 12.6. The third kappa shape index (κ3) is 2.83. The molecule has 110 valence electrons. The van der Waals surface area contributed by atoms with Gasteiger partial charge in [0.15, 0.2) is 0 Å². The smallest absolute Gasteiger partial charge is 0.231 e. The summed E-state index contributed by atoms with van der Waals surface area (Å²) in [4.78, 5) is 14.5. The van der Waals surface area contributed by atoms with Crippen LogP contribution in [0.4, 0.5) is 5.69 Å². The maximum absolute atomic E-state index is 12.6. The van der Waals surface area contributed by atoms with Crippen LogP contribution in [0.2, 0.25) is 0 Å². The van der Waals surface area contributed by atoms with Crippen molar-refractivity contribution in [2.24, 2.45) is 7.05 Å². The molecule has 0 aliphatic carbocycles. The molecular weight excluding hydrogens is 266 g/mol. The average Bonchev–Trinajstić information content (AvgIpc) is 2.91. The molecule has 0 N–H and O–H groups in total. The molecule has 2 heterocycles. The van der Waals surface area contributed by atoms with Gasteiger partial charge in [0.05, 0.1) is 25.3 Å². The Morgan fingerprint density at radius 3 is 2.95 bits per heavy atom. The van der Waals surface area contributed by atoms with E-state index in [1.54, 1.807) is 18.0 Å². The number of nitrogens with zero attached hydrogens (tertiary/aromatic N) is 3. The van der Waals surface area contributed by atoms with Gasteiger partial charge in [0.2, 0.25) is 5.91 Å². The molecule has 1 aliphatic rings. The van der Waals surface area contributed by atoms with Gasteiger partial charge in [0, 0.05) is 32.5 Å². The highest BCUT2D eigenvalue weighted by Gasteiger charge is 2.28. The first-order chi connectivity index (χ1) is 10.2. The van der Waals surface area contributed by atoms with E-state index in [9.17, 15) is 4.79 Å². The number of fused-ring (bicyclic) bond motifs is 1. The van der Waals surface area contributed by atoms with Gasteiger partial charge in [-0.1, -0.05) is 18.2 Å². The Hall–Kier alpha value is -2.14. The van der Waals surface area contributed by atoms with E-state index in [1.165, 1.54) is 0 Å². The second-order valence-electron chi connectivity index (χ2n) is 5.39. The number of aryl methyl sites for hydroxylation is 1. The topological polar surface area (TPSA) is 47.4 Å². The Morgan fingerprint density at radius 2 is 2.24 bits per heavy atom. The number of anilines is 1. The third-order valence-electron chi connectivity index (χ3n) is 3.86. The van der Waals surface area contributed by atoms with Gasteiger partial charge in [-0.3, -0.25) is 9.48 Å². The van der Waals surface area contributed by atoms with Crippen molar-refractivity contribution in [3.05, 3.63) is 47.8 Å². The van der Waals surface area contributed by atoms with Crippen LogP contribution in [-0.4, -0.2) is 35.4 Å². The van der Waals surface area contributed by atoms with Crippen LogP contribution in [0.15, 0.2) is 36.7 Å². The Balaban J connectivity index is 1.84. The van der Waals surface area contributed by atoms with Crippen LogP contribution in [0.5, 0.6) is 0 Å². The van der Waals surface area contributed by atoms with Gasteiger partial charge in [-0.2, -0.15) is 5.10 Å². The Bertz CT molecular complexity index is 650. The second kappa shape index (κ2) is 5.69. The standard InChI is InChI=1S/C16H19N3O2/c1-18-10-12(9-17-18)7-16(20)19-11-14(21-2)8-13-5-3-4-6-15(13)19/h3-6,9-10,14H,7-8,11H2,1-2H3/t14-/m1/s1. The van der Waals surface area contributed by atoms with E-state index in [2.05, 4.69) is 11.2 Å². The summed E-state index contributed by atoms with van der Waals surface area (Å²) in [5.74, 6) is 0.0807. The Labute approximate surface area is 124 Å².